The lowest BCUT2D eigenvalue weighted by atomic mass is 10.1. The van der Waals surface area contributed by atoms with Crippen LogP contribution in [-0.2, 0) is 4.74 Å². The van der Waals surface area contributed by atoms with Crippen LogP contribution in [0.1, 0.15) is 11.7 Å². The molecule has 1 saturated heterocycles. The molecule has 0 unspecified atom stereocenters. The smallest absolute Gasteiger partial charge is 0.119 e. The Labute approximate surface area is 65.7 Å². The van der Waals surface area contributed by atoms with Gasteiger partial charge in [0.05, 0.1) is 13.7 Å². The fourth-order valence-electron chi connectivity index (χ4n) is 1.08. The van der Waals surface area contributed by atoms with Crippen molar-refractivity contribution in [3.8, 4) is 5.75 Å². The maximum Gasteiger partial charge on any atom is 0.119 e. The second-order valence-corrected chi connectivity index (χ2v) is 2.60. The summed E-state index contributed by atoms with van der Waals surface area (Å²) in [6.07, 6.45) is 0.324. The van der Waals surface area contributed by atoms with Gasteiger partial charge in [0.25, 0.3) is 0 Å². The summed E-state index contributed by atoms with van der Waals surface area (Å²) in [7, 11) is 1.67. The lowest BCUT2D eigenvalue weighted by Crippen LogP contribution is -1.84. The molecule has 1 aromatic rings. The van der Waals surface area contributed by atoms with Crippen molar-refractivity contribution in [3.05, 3.63) is 29.8 Å². The molecule has 0 radical (unpaired) electrons. The second kappa shape index (κ2) is 2.55. The number of hydrogen-bond acceptors (Lipinski definition) is 2. The Morgan fingerprint density at radius 2 is 2.36 bits per heavy atom. The molecule has 1 atom stereocenters. The van der Waals surface area contributed by atoms with E-state index in [9.17, 15) is 0 Å². The van der Waals surface area contributed by atoms with E-state index in [1.807, 2.05) is 18.2 Å². The van der Waals surface area contributed by atoms with Crippen LogP contribution in [0.5, 0.6) is 5.75 Å². The SMILES string of the molecule is COc1cccc([C@@H]2CO2)c1. The first kappa shape index (κ1) is 6.68. The van der Waals surface area contributed by atoms with Crippen LogP contribution < -0.4 is 4.74 Å². The van der Waals surface area contributed by atoms with Gasteiger partial charge in [-0.15, -0.1) is 0 Å². The fourth-order valence-corrected chi connectivity index (χ4v) is 1.08. The van der Waals surface area contributed by atoms with E-state index in [0.717, 1.165) is 12.4 Å². The van der Waals surface area contributed by atoms with Crippen LogP contribution in [0.15, 0.2) is 24.3 Å². The minimum atomic E-state index is 0.324. The molecule has 11 heavy (non-hydrogen) atoms. The van der Waals surface area contributed by atoms with Crippen molar-refractivity contribution < 1.29 is 9.47 Å². The monoisotopic (exact) mass is 150 g/mol. The van der Waals surface area contributed by atoms with Gasteiger partial charge in [0.2, 0.25) is 0 Å². The highest BCUT2D eigenvalue weighted by atomic mass is 16.6. The molecule has 0 spiro atoms. The molecule has 0 bridgehead atoms. The van der Waals surface area contributed by atoms with E-state index >= 15 is 0 Å². The summed E-state index contributed by atoms with van der Waals surface area (Å²) in [6.45, 7) is 0.854. The van der Waals surface area contributed by atoms with Crippen molar-refractivity contribution in [1.82, 2.24) is 0 Å². The highest BCUT2D eigenvalue weighted by molar-refractivity contribution is 5.31. The molecule has 0 N–H and O–H groups in total. The van der Waals surface area contributed by atoms with E-state index in [4.69, 9.17) is 9.47 Å². The summed E-state index contributed by atoms with van der Waals surface area (Å²) in [6, 6.07) is 7.99. The fraction of sp³-hybridized carbons (Fsp3) is 0.333. The Morgan fingerprint density at radius 1 is 1.55 bits per heavy atom. The average Bonchev–Trinajstić information content (AvgIpc) is 2.87. The molecule has 0 saturated carbocycles. The largest absolute Gasteiger partial charge is 0.497 e. The highest BCUT2D eigenvalue weighted by Gasteiger charge is 2.24. The predicted molar refractivity (Wildman–Crippen MR) is 41.7 cm³/mol. The third-order valence-corrected chi connectivity index (χ3v) is 1.80. The van der Waals surface area contributed by atoms with Crippen LogP contribution in [-0.4, -0.2) is 13.7 Å². The molecule has 1 fully saturated rings. The Bertz CT molecular complexity index is 253. The summed E-state index contributed by atoms with van der Waals surface area (Å²) in [5, 5.41) is 0. The van der Waals surface area contributed by atoms with Gasteiger partial charge in [-0.1, -0.05) is 12.1 Å². The van der Waals surface area contributed by atoms with Crippen molar-refractivity contribution in [2.24, 2.45) is 0 Å². The normalized spacial score (nSPS) is 21.4. The van der Waals surface area contributed by atoms with E-state index in [-0.39, 0.29) is 0 Å². The number of hydrogen-bond donors (Lipinski definition) is 0. The summed E-state index contributed by atoms with van der Waals surface area (Å²) < 4.78 is 10.2. The third-order valence-electron chi connectivity index (χ3n) is 1.80. The van der Waals surface area contributed by atoms with Gasteiger partial charge in [-0.05, 0) is 17.7 Å². The summed E-state index contributed by atoms with van der Waals surface area (Å²) in [5.74, 6) is 0.901. The number of ether oxygens (including phenoxy) is 2. The number of methoxy groups -OCH3 is 1. The molecule has 58 valence electrons. The van der Waals surface area contributed by atoms with Crippen LogP contribution >= 0.6 is 0 Å². The van der Waals surface area contributed by atoms with Gasteiger partial charge < -0.3 is 9.47 Å². The molecule has 1 heterocycles. The summed E-state index contributed by atoms with van der Waals surface area (Å²) >= 11 is 0. The second-order valence-electron chi connectivity index (χ2n) is 2.60. The third kappa shape index (κ3) is 1.35. The summed E-state index contributed by atoms with van der Waals surface area (Å²) in [5.41, 5.74) is 1.21. The molecule has 1 aliphatic rings. The van der Waals surface area contributed by atoms with Gasteiger partial charge >= 0.3 is 0 Å². The van der Waals surface area contributed by atoms with Crippen molar-refractivity contribution in [1.29, 1.82) is 0 Å². The Balaban J connectivity index is 2.26. The molecule has 2 rings (SSSR count). The first-order valence-electron chi connectivity index (χ1n) is 3.66. The molecule has 0 amide bonds. The lowest BCUT2D eigenvalue weighted by molar-refractivity contribution is 0.404. The minimum absolute atomic E-state index is 0.324. The highest BCUT2D eigenvalue weighted by Crippen LogP contribution is 2.31. The van der Waals surface area contributed by atoms with E-state index in [0.29, 0.717) is 6.10 Å². The summed E-state index contributed by atoms with van der Waals surface area (Å²) in [4.78, 5) is 0. The van der Waals surface area contributed by atoms with Gasteiger partial charge in [-0.2, -0.15) is 0 Å². The van der Waals surface area contributed by atoms with Crippen LogP contribution in [0.4, 0.5) is 0 Å². The van der Waals surface area contributed by atoms with Crippen molar-refractivity contribution in [2.45, 2.75) is 6.10 Å². The topological polar surface area (TPSA) is 21.8 Å². The molecular formula is C9H10O2. The average molecular weight is 150 g/mol. The van der Waals surface area contributed by atoms with Crippen molar-refractivity contribution in [2.75, 3.05) is 13.7 Å². The van der Waals surface area contributed by atoms with E-state index in [1.165, 1.54) is 5.56 Å². The van der Waals surface area contributed by atoms with E-state index < -0.39 is 0 Å². The first-order chi connectivity index (χ1) is 5.40. The van der Waals surface area contributed by atoms with Gasteiger partial charge in [0.1, 0.15) is 11.9 Å². The van der Waals surface area contributed by atoms with Gasteiger partial charge in [-0.3, -0.25) is 0 Å². The van der Waals surface area contributed by atoms with Crippen LogP contribution in [0.2, 0.25) is 0 Å². The van der Waals surface area contributed by atoms with Crippen molar-refractivity contribution >= 4 is 0 Å². The van der Waals surface area contributed by atoms with Gasteiger partial charge in [0.15, 0.2) is 0 Å². The van der Waals surface area contributed by atoms with E-state index in [2.05, 4.69) is 6.07 Å². The lowest BCUT2D eigenvalue weighted by Gasteiger charge is -2.00. The van der Waals surface area contributed by atoms with Crippen molar-refractivity contribution in [3.63, 3.8) is 0 Å². The Hall–Kier alpha value is -1.02. The molecule has 0 aliphatic carbocycles. The number of epoxide rings is 1. The zero-order chi connectivity index (χ0) is 7.68. The maximum absolute atomic E-state index is 5.14. The van der Waals surface area contributed by atoms with Crippen LogP contribution in [0.25, 0.3) is 0 Å². The maximum atomic E-state index is 5.14. The van der Waals surface area contributed by atoms with E-state index in [1.54, 1.807) is 7.11 Å². The zero-order valence-electron chi connectivity index (χ0n) is 6.41. The Kier molecular flexibility index (Phi) is 1.55. The first-order valence-corrected chi connectivity index (χ1v) is 3.66. The molecule has 0 aromatic heterocycles. The molecule has 1 aliphatic heterocycles. The molecular weight excluding hydrogens is 140 g/mol. The quantitative estimate of drug-likeness (QED) is 0.599. The standard InChI is InChI=1S/C9H10O2/c1-10-8-4-2-3-7(5-8)9-6-11-9/h2-5,9H,6H2,1H3/t9-/m0/s1. The molecule has 2 nitrogen and oxygen atoms in total. The Morgan fingerprint density at radius 3 is 3.00 bits per heavy atom. The van der Waals surface area contributed by atoms with Gasteiger partial charge in [0, 0.05) is 0 Å². The predicted octanol–water partition coefficient (Wildman–Crippen LogP) is 1.77. The van der Waals surface area contributed by atoms with Gasteiger partial charge in [-0.25, -0.2) is 0 Å². The number of benzene rings is 1. The minimum Gasteiger partial charge on any atom is -0.497 e. The zero-order valence-corrected chi connectivity index (χ0v) is 6.41. The number of rotatable bonds is 2. The molecule has 2 heteroatoms. The van der Waals surface area contributed by atoms with Crippen LogP contribution in [0.3, 0.4) is 0 Å². The van der Waals surface area contributed by atoms with Crippen LogP contribution in [0, 0.1) is 0 Å². The molecule has 1 aromatic carbocycles.